The first kappa shape index (κ1) is 18.2. The number of benzene rings is 1. The second kappa shape index (κ2) is 9.78. The third-order valence-corrected chi connectivity index (χ3v) is 4.94. The maximum atomic E-state index is 12.6. The molecule has 0 unspecified atom stereocenters. The zero-order chi connectivity index (χ0) is 17.3. The van der Waals surface area contributed by atoms with Crippen LogP contribution in [0.5, 0.6) is 5.75 Å². The summed E-state index contributed by atoms with van der Waals surface area (Å²) < 4.78 is 11.7. The highest BCUT2D eigenvalue weighted by atomic mass is 16.5. The second-order valence-electron chi connectivity index (χ2n) is 6.96. The van der Waals surface area contributed by atoms with Gasteiger partial charge in [-0.05, 0) is 44.5 Å². The van der Waals surface area contributed by atoms with Gasteiger partial charge in [0.1, 0.15) is 5.75 Å². The Morgan fingerprint density at radius 3 is 2.68 bits per heavy atom. The Morgan fingerprint density at radius 2 is 1.88 bits per heavy atom. The molecule has 2 fully saturated rings. The molecule has 1 amide bonds. The van der Waals surface area contributed by atoms with Crippen LogP contribution in [0.1, 0.15) is 32.1 Å². The van der Waals surface area contributed by atoms with Crippen molar-refractivity contribution in [3.8, 4) is 5.75 Å². The molecule has 0 radical (unpaired) electrons. The molecule has 1 aromatic rings. The minimum Gasteiger partial charge on any atom is -0.493 e. The van der Waals surface area contributed by atoms with Gasteiger partial charge in [-0.3, -0.25) is 4.79 Å². The molecule has 5 nitrogen and oxygen atoms in total. The summed E-state index contributed by atoms with van der Waals surface area (Å²) in [6.07, 6.45) is 5.39. The maximum Gasteiger partial charge on any atom is 0.226 e. The van der Waals surface area contributed by atoms with E-state index in [2.05, 4.69) is 4.90 Å². The van der Waals surface area contributed by atoms with Crippen LogP contribution in [0.3, 0.4) is 0 Å². The van der Waals surface area contributed by atoms with Crippen LogP contribution in [-0.2, 0) is 9.53 Å². The van der Waals surface area contributed by atoms with E-state index in [1.165, 1.54) is 32.4 Å². The molecule has 0 spiro atoms. The van der Waals surface area contributed by atoms with Gasteiger partial charge < -0.3 is 19.3 Å². The number of hydrogen-bond donors (Lipinski definition) is 0. The number of rotatable bonds is 6. The largest absolute Gasteiger partial charge is 0.493 e. The van der Waals surface area contributed by atoms with Crippen LogP contribution in [0, 0.1) is 0 Å². The molecule has 0 bridgehead atoms. The lowest BCUT2D eigenvalue weighted by molar-refractivity contribution is -0.132. The number of carbonyl (C=O) groups excluding carboxylic acids is 1. The number of hydrogen-bond acceptors (Lipinski definition) is 4. The highest BCUT2D eigenvalue weighted by Crippen LogP contribution is 2.14. The Hall–Kier alpha value is -1.59. The summed E-state index contributed by atoms with van der Waals surface area (Å²) in [6.45, 7) is 5.96. The fourth-order valence-electron chi connectivity index (χ4n) is 3.59. The first-order valence-electron chi connectivity index (χ1n) is 9.61. The first-order chi connectivity index (χ1) is 12.3. The number of ether oxygens (including phenoxy) is 2. The number of likely N-dealkylation sites (tertiary alicyclic amines) is 1. The molecule has 0 aromatic heterocycles. The van der Waals surface area contributed by atoms with E-state index >= 15 is 0 Å². The van der Waals surface area contributed by atoms with E-state index in [1.807, 2.05) is 35.2 Å². The molecule has 2 heterocycles. The number of amides is 1. The summed E-state index contributed by atoms with van der Waals surface area (Å²) in [5, 5.41) is 0. The lowest BCUT2D eigenvalue weighted by atomic mass is 10.1. The topological polar surface area (TPSA) is 42.0 Å². The lowest BCUT2D eigenvalue weighted by Gasteiger charge is -2.31. The molecule has 3 rings (SSSR count). The monoisotopic (exact) mass is 346 g/mol. The van der Waals surface area contributed by atoms with Crippen LogP contribution in [0.25, 0.3) is 0 Å². The number of piperidine rings is 1. The van der Waals surface area contributed by atoms with E-state index in [-0.39, 0.29) is 12.0 Å². The van der Waals surface area contributed by atoms with Gasteiger partial charge in [0.15, 0.2) is 0 Å². The van der Waals surface area contributed by atoms with Gasteiger partial charge in [-0.2, -0.15) is 0 Å². The molecule has 1 atom stereocenters. The Morgan fingerprint density at radius 1 is 1.08 bits per heavy atom. The van der Waals surface area contributed by atoms with E-state index in [0.717, 1.165) is 31.9 Å². The van der Waals surface area contributed by atoms with Gasteiger partial charge in [0.25, 0.3) is 0 Å². The third kappa shape index (κ3) is 6.01. The van der Waals surface area contributed by atoms with Gasteiger partial charge in [-0.15, -0.1) is 0 Å². The van der Waals surface area contributed by atoms with Crippen LogP contribution < -0.4 is 4.74 Å². The summed E-state index contributed by atoms with van der Waals surface area (Å²) in [6, 6.07) is 9.67. The van der Waals surface area contributed by atoms with Gasteiger partial charge in [0.05, 0.1) is 19.1 Å². The summed E-state index contributed by atoms with van der Waals surface area (Å²) in [7, 11) is 0. The predicted molar refractivity (Wildman–Crippen MR) is 97.8 cm³/mol. The zero-order valence-corrected chi connectivity index (χ0v) is 15.1. The van der Waals surface area contributed by atoms with E-state index in [9.17, 15) is 4.79 Å². The van der Waals surface area contributed by atoms with Crippen LogP contribution in [0.15, 0.2) is 30.3 Å². The van der Waals surface area contributed by atoms with E-state index in [0.29, 0.717) is 19.6 Å². The number of para-hydroxylation sites is 1. The minimum absolute atomic E-state index is 0.139. The van der Waals surface area contributed by atoms with E-state index in [4.69, 9.17) is 9.47 Å². The Labute approximate surface area is 150 Å². The molecule has 138 valence electrons. The molecule has 2 aliphatic heterocycles. The average molecular weight is 346 g/mol. The Balaban J connectivity index is 1.43. The summed E-state index contributed by atoms with van der Waals surface area (Å²) in [5.74, 6) is 0.988. The fourth-order valence-corrected chi connectivity index (χ4v) is 3.59. The van der Waals surface area contributed by atoms with Gasteiger partial charge in [0.2, 0.25) is 5.91 Å². The quantitative estimate of drug-likeness (QED) is 0.794. The van der Waals surface area contributed by atoms with Crippen LogP contribution in [0.2, 0.25) is 0 Å². The molecular weight excluding hydrogens is 316 g/mol. The molecule has 5 heteroatoms. The number of nitrogens with zero attached hydrogens (tertiary/aromatic N) is 2. The highest BCUT2D eigenvalue weighted by Gasteiger charge is 2.24. The lowest BCUT2D eigenvalue weighted by Crippen LogP contribution is -2.44. The smallest absolute Gasteiger partial charge is 0.226 e. The average Bonchev–Trinajstić information content (AvgIpc) is 2.89. The second-order valence-corrected chi connectivity index (χ2v) is 6.96. The predicted octanol–water partition coefficient (Wildman–Crippen LogP) is 2.56. The van der Waals surface area contributed by atoms with Gasteiger partial charge in [-0.25, -0.2) is 0 Å². The molecule has 2 aliphatic rings. The van der Waals surface area contributed by atoms with Crippen molar-refractivity contribution in [2.24, 2.45) is 0 Å². The molecule has 1 aromatic carbocycles. The normalized spacial score (nSPS) is 22.4. The van der Waals surface area contributed by atoms with Crippen molar-refractivity contribution < 1.29 is 14.3 Å². The summed E-state index contributed by atoms with van der Waals surface area (Å²) in [4.78, 5) is 17.0. The van der Waals surface area contributed by atoms with E-state index < -0.39 is 0 Å². The molecule has 0 aliphatic carbocycles. The molecule has 25 heavy (non-hydrogen) atoms. The maximum absolute atomic E-state index is 12.6. The molecule has 0 N–H and O–H groups in total. The van der Waals surface area contributed by atoms with Crippen LogP contribution in [0.4, 0.5) is 0 Å². The first-order valence-corrected chi connectivity index (χ1v) is 9.61. The standard InChI is InChI=1S/C20H30N2O3/c23-20(10-15-25-18-8-3-1-4-9-18)22-13-7-14-24-19(17-22)16-21-11-5-2-6-12-21/h1,3-4,8-9,19H,2,5-7,10-17H2/t19-/m1/s1. The van der Waals surface area contributed by atoms with E-state index in [1.54, 1.807) is 0 Å². The summed E-state index contributed by atoms with van der Waals surface area (Å²) in [5.41, 5.74) is 0. The van der Waals surface area contributed by atoms with Crippen molar-refractivity contribution in [2.75, 3.05) is 45.9 Å². The fraction of sp³-hybridized carbons (Fsp3) is 0.650. The van der Waals surface area contributed by atoms with Gasteiger partial charge in [0, 0.05) is 26.2 Å². The van der Waals surface area contributed by atoms with Crippen LogP contribution >= 0.6 is 0 Å². The SMILES string of the molecule is O=C(CCOc1ccccc1)N1CCCO[C@H](CN2CCCCC2)C1. The van der Waals surface area contributed by atoms with Gasteiger partial charge in [-0.1, -0.05) is 24.6 Å². The van der Waals surface area contributed by atoms with Crippen molar-refractivity contribution in [1.29, 1.82) is 0 Å². The Kier molecular flexibility index (Phi) is 7.12. The van der Waals surface area contributed by atoms with Crippen molar-refractivity contribution in [1.82, 2.24) is 9.80 Å². The third-order valence-electron chi connectivity index (χ3n) is 4.94. The van der Waals surface area contributed by atoms with Crippen LogP contribution in [-0.4, -0.2) is 67.7 Å². The minimum atomic E-state index is 0.139. The zero-order valence-electron chi connectivity index (χ0n) is 15.1. The molecule has 2 saturated heterocycles. The molecular formula is C20H30N2O3. The van der Waals surface area contributed by atoms with Crippen molar-refractivity contribution in [3.05, 3.63) is 30.3 Å². The van der Waals surface area contributed by atoms with Crippen molar-refractivity contribution in [3.63, 3.8) is 0 Å². The molecule has 0 saturated carbocycles. The van der Waals surface area contributed by atoms with Crippen molar-refractivity contribution in [2.45, 2.75) is 38.2 Å². The summed E-state index contributed by atoms with van der Waals surface area (Å²) >= 11 is 0. The Bertz CT molecular complexity index is 517. The number of carbonyl (C=O) groups is 1. The van der Waals surface area contributed by atoms with Gasteiger partial charge >= 0.3 is 0 Å². The van der Waals surface area contributed by atoms with Crippen molar-refractivity contribution >= 4 is 5.91 Å². The highest BCUT2D eigenvalue weighted by molar-refractivity contribution is 5.76.